The molecule has 4 heterocycles. The molecular weight excluding hydrogens is 414 g/mol. The lowest BCUT2D eigenvalue weighted by Gasteiger charge is -2.36. The van der Waals surface area contributed by atoms with Crippen molar-refractivity contribution in [2.24, 2.45) is 5.92 Å². The third-order valence-electron chi connectivity index (χ3n) is 6.35. The van der Waals surface area contributed by atoms with E-state index in [0.717, 1.165) is 35.1 Å². The molecule has 0 saturated carbocycles. The second-order valence-electron chi connectivity index (χ2n) is 8.92. The summed E-state index contributed by atoms with van der Waals surface area (Å²) in [4.78, 5) is 34.7. The highest BCUT2D eigenvalue weighted by Crippen LogP contribution is 2.25. The Morgan fingerprint density at radius 2 is 2.18 bits per heavy atom. The molecule has 33 heavy (non-hydrogen) atoms. The molecule has 0 aliphatic carbocycles. The maximum Gasteiger partial charge on any atom is 0.270 e. The van der Waals surface area contributed by atoms with Crippen LogP contribution in [0.25, 0.3) is 16.6 Å². The summed E-state index contributed by atoms with van der Waals surface area (Å²) in [5, 5.41) is 3.86. The van der Waals surface area contributed by atoms with E-state index < -0.39 is 18.8 Å². The van der Waals surface area contributed by atoms with E-state index in [9.17, 15) is 9.59 Å². The van der Waals surface area contributed by atoms with Crippen molar-refractivity contribution in [2.75, 3.05) is 6.54 Å². The summed E-state index contributed by atoms with van der Waals surface area (Å²) in [6.45, 7) is 1.72. The predicted molar refractivity (Wildman–Crippen MR) is 129 cm³/mol. The van der Waals surface area contributed by atoms with Gasteiger partial charge >= 0.3 is 0 Å². The van der Waals surface area contributed by atoms with Crippen molar-refractivity contribution in [1.82, 2.24) is 24.6 Å². The first kappa shape index (κ1) is 18.0. The molecule has 0 radical (unpaired) electrons. The van der Waals surface area contributed by atoms with Crippen molar-refractivity contribution in [3.63, 3.8) is 0 Å². The summed E-state index contributed by atoms with van der Waals surface area (Å²) in [6, 6.07) is 13.9. The number of amides is 1. The van der Waals surface area contributed by atoms with Crippen molar-refractivity contribution in [2.45, 2.75) is 45.7 Å². The highest BCUT2D eigenvalue weighted by Gasteiger charge is 2.23. The third kappa shape index (κ3) is 4.54. The monoisotopic (exact) mass is 446 g/mol. The Morgan fingerprint density at radius 3 is 3.06 bits per heavy atom. The van der Waals surface area contributed by atoms with Gasteiger partial charge in [-0.2, -0.15) is 0 Å². The zero-order valence-electron chi connectivity index (χ0n) is 21.5. The number of aromatic nitrogens is 3. The zero-order chi connectivity index (χ0) is 25.4. The van der Waals surface area contributed by atoms with Crippen molar-refractivity contribution in [3.05, 3.63) is 82.0 Å². The molecule has 0 spiro atoms. The number of carbonyl (C=O) groups is 1. The summed E-state index contributed by atoms with van der Waals surface area (Å²) < 4.78 is 25.3. The third-order valence-corrected chi connectivity index (χ3v) is 6.35. The van der Waals surface area contributed by atoms with Gasteiger partial charge in [-0.3, -0.25) is 18.9 Å². The van der Waals surface area contributed by atoms with E-state index in [-0.39, 0.29) is 17.8 Å². The molecule has 1 aliphatic rings. The molecule has 170 valence electrons. The van der Waals surface area contributed by atoms with Crippen LogP contribution >= 0.6 is 0 Å². The number of pyridine rings is 1. The molecule has 2 N–H and O–H groups in total. The number of H-pyrrole nitrogens is 1. The molecule has 2 atom stereocenters. The standard InChI is InChI=1S/C26H29N5O2/c1-17-8-10-30(18(2)11-17)16-21-13-20-7-6-19(12-22(20)28-21)15-27-26(33)23-14-25(32)31-9-4-3-5-24(31)29-23/h3-7,9,12-14,17-18,28H,8,10-11,15-16H2,1-2H3,(H,27,33)/t17-,18-/m0/s1/i2D3. The van der Waals surface area contributed by atoms with Gasteiger partial charge in [0.25, 0.3) is 11.5 Å². The lowest BCUT2D eigenvalue weighted by molar-refractivity contribution is 0.0946. The topological polar surface area (TPSA) is 82.5 Å². The molecule has 4 aromatic rings. The molecule has 0 bridgehead atoms. The Hall–Kier alpha value is -3.45. The molecule has 7 heteroatoms. The molecule has 7 nitrogen and oxygen atoms in total. The largest absolute Gasteiger partial charge is 0.357 e. The first-order valence-electron chi connectivity index (χ1n) is 12.8. The van der Waals surface area contributed by atoms with Crippen LogP contribution in [0.1, 0.15) is 52.5 Å². The number of nitrogens with one attached hydrogen (secondary N) is 2. The minimum Gasteiger partial charge on any atom is -0.357 e. The molecule has 1 saturated heterocycles. The van der Waals surface area contributed by atoms with Crippen LogP contribution in [0, 0.1) is 5.92 Å². The fourth-order valence-corrected chi connectivity index (χ4v) is 4.47. The van der Waals surface area contributed by atoms with Gasteiger partial charge in [0.05, 0.1) is 0 Å². The average molecular weight is 447 g/mol. The quantitative estimate of drug-likeness (QED) is 0.489. The average Bonchev–Trinajstić information content (AvgIpc) is 3.24. The van der Waals surface area contributed by atoms with E-state index in [0.29, 0.717) is 24.5 Å². The lowest BCUT2D eigenvalue weighted by atomic mass is 9.93. The number of fused-ring (bicyclic) bond motifs is 2. The van der Waals surface area contributed by atoms with Crippen LogP contribution in [0.3, 0.4) is 0 Å². The summed E-state index contributed by atoms with van der Waals surface area (Å²) in [5.74, 6) is -0.00305. The normalized spacial score (nSPS) is 20.9. The van der Waals surface area contributed by atoms with E-state index in [1.165, 1.54) is 10.5 Å². The summed E-state index contributed by atoms with van der Waals surface area (Å²) in [6.07, 6.45) is 3.29. The van der Waals surface area contributed by atoms with Crippen LogP contribution < -0.4 is 10.9 Å². The van der Waals surface area contributed by atoms with Gasteiger partial charge in [-0.15, -0.1) is 0 Å². The fourth-order valence-electron chi connectivity index (χ4n) is 4.47. The maximum atomic E-state index is 12.7. The predicted octanol–water partition coefficient (Wildman–Crippen LogP) is 3.73. The number of rotatable bonds is 5. The van der Waals surface area contributed by atoms with E-state index in [4.69, 9.17) is 4.11 Å². The van der Waals surface area contributed by atoms with Crippen molar-refractivity contribution in [3.8, 4) is 0 Å². The first-order valence-corrected chi connectivity index (χ1v) is 11.3. The van der Waals surface area contributed by atoms with Gasteiger partial charge in [0, 0.05) is 46.7 Å². The highest BCUT2D eigenvalue weighted by molar-refractivity contribution is 5.92. The molecule has 1 aliphatic heterocycles. The van der Waals surface area contributed by atoms with Gasteiger partial charge in [0.2, 0.25) is 0 Å². The van der Waals surface area contributed by atoms with E-state index in [1.54, 1.807) is 24.4 Å². The molecule has 1 amide bonds. The van der Waals surface area contributed by atoms with Crippen LogP contribution in [0.2, 0.25) is 0 Å². The first-order chi connectivity index (χ1) is 17.2. The van der Waals surface area contributed by atoms with Gasteiger partial charge in [-0.25, -0.2) is 4.98 Å². The van der Waals surface area contributed by atoms with Crippen LogP contribution in [-0.2, 0) is 13.1 Å². The van der Waals surface area contributed by atoms with Crippen LogP contribution in [0.5, 0.6) is 0 Å². The number of piperidine rings is 1. The number of aromatic amines is 1. The smallest absolute Gasteiger partial charge is 0.270 e. The van der Waals surface area contributed by atoms with Gasteiger partial charge in [0.15, 0.2) is 0 Å². The van der Waals surface area contributed by atoms with E-state index in [2.05, 4.69) is 33.2 Å². The van der Waals surface area contributed by atoms with Gasteiger partial charge < -0.3 is 10.3 Å². The molecule has 0 unspecified atom stereocenters. The number of nitrogens with zero attached hydrogens (tertiary/aromatic N) is 3. The molecule has 1 fully saturated rings. The van der Waals surface area contributed by atoms with E-state index >= 15 is 0 Å². The van der Waals surface area contributed by atoms with Gasteiger partial charge in [-0.1, -0.05) is 25.1 Å². The Bertz CT molecular complexity index is 1480. The van der Waals surface area contributed by atoms with Crippen LogP contribution in [0.15, 0.2) is 59.5 Å². The SMILES string of the molecule is [2H]C([2H])([2H])[C@H]1C[C@@H](C)CCN1Cc1cc2ccc(CNC(=O)c3cc(=O)n4ccccc4n3)cc2[nH]1. The van der Waals surface area contributed by atoms with E-state index in [1.807, 2.05) is 18.2 Å². The number of benzene rings is 1. The number of likely N-dealkylation sites (tertiary alicyclic amines) is 1. The Kier molecular flexibility index (Phi) is 4.82. The van der Waals surface area contributed by atoms with Gasteiger partial charge in [-0.05, 0) is 67.4 Å². The molecule has 1 aromatic carbocycles. The second kappa shape index (κ2) is 8.83. The Labute approximate surface area is 196 Å². The van der Waals surface area contributed by atoms with Crippen LogP contribution in [-0.4, -0.2) is 37.8 Å². The Balaban J connectivity index is 1.28. The summed E-state index contributed by atoms with van der Waals surface area (Å²) in [7, 11) is 0. The van der Waals surface area contributed by atoms with Crippen molar-refractivity contribution >= 4 is 22.5 Å². The molecule has 3 aromatic heterocycles. The number of carbonyl (C=O) groups excluding carboxylic acids is 1. The highest BCUT2D eigenvalue weighted by atomic mass is 16.2. The fraction of sp³-hybridized carbons (Fsp3) is 0.346. The Morgan fingerprint density at radius 1 is 1.27 bits per heavy atom. The summed E-state index contributed by atoms with van der Waals surface area (Å²) in [5.41, 5.74) is 2.97. The maximum absolute atomic E-state index is 12.7. The van der Waals surface area contributed by atoms with Gasteiger partial charge in [0.1, 0.15) is 11.3 Å². The minimum absolute atomic E-state index is 0.0779. The number of hydrogen-bond donors (Lipinski definition) is 2. The summed E-state index contributed by atoms with van der Waals surface area (Å²) >= 11 is 0. The second-order valence-corrected chi connectivity index (χ2v) is 8.92. The van der Waals surface area contributed by atoms with Crippen LogP contribution in [0.4, 0.5) is 0 Å². The minimum atomic E-state index is -2.00. The van der Waals surface area contributed by atoms with Crippen molar-refractivity contribution < 1.29 is 8.91 Å². The molecule has 5 rings (SSSR count). The lowest BCUT2D eigenvalue weighted by Crippen LogP contribution is -2.39. The number of hydrogen-bond acceptors (Lipinski definition) is 4. The molecular formula is C26H29N5O2. The zero-order valence-corrected chi connectivity index (χ0v) is 18.5. The van der Waals surface area contributed by atoms with Crippen molar-refractivity contribution in [1.29, 1.82) is 0 Å².